The maximum atomic E-state index is 12.8. The lowest BCUT2D eigenvalue weighted by Crippen LogP contribution is -2.51. The van der Waals surface area contributed by atoms with Crippen LogP contribution in [-0.2, 0) is 6.42 Å². The number of rotatable bonds is 3. The lowest BCUT2D eigenvalue weighted by molar-refractivity contribution is -0.0293. The van der Waals surface area contributed by atoms with Crippen LogP contribution >= 0.6 is 0 Å². The molecule has 4 rings (SSSR count). The number of aliphatic hydroxyl groups is 1. The maximum absolute atomic E-state index is 12.8. The molecule has 2 aromatic heterocycles. The second-order valence-electron chi connectivity index (χ2n) is 6.62. The van der Waals surface area contributed by atoms with E-state index in [0.717, 1.165) is 5.39 Å². The highest BCUT2D eigenvalue weighted by molar-refractivity contribution is 5.96. The number of aryl methyl sites for hydroxylation is 1. The van der Waals surface area contributed by atoms with Crippen LogP contribution in [0.1, 0.15) is 35.1 Å². The molecule has 0 spiro atoms. The van der Waals surface area contributed by atoms with E-state index >= 15 is 0 Å². The smallest absolute Gasteiger partial charge is 0.289 e. The molecule has 130 valence electrons. The topological polar surface area (TPSA) is 92.6 Å². The third-order valence-corrected chi connectivity index (χ3v) is 4.53. The zero-order chi connectivity index (χ0) is 17.4. The first-order chi connectivity index (χ1) is 12.0. The van der Waals surface area contributed by atoms with Crippen LogP contribution < -0.4 is 0 Å². The quantitative estimate of drug-likeness (QED) is 0.786. The molecule has 25 heavy (non-hydrogen) atoms. The molecule has 7 heteroatoms. The minimum atomic E-state index is -1.07. The molecule has 3 heterocycles. The van der Waals surface area contributed by atoms with Gasteiger partial charge in [-0.15, -0.1) is 0 Å². The summed E-state index contributed by atoms with van der Waals surface area (Å²) in [6.45, 7) is 2.53. The van der Waals surface area contributed by atoms with Gasteiger partial charge in [-0.25, -0.2) is 0 Å². The van der Waals surface area contributed by atoms with Crippen molar-refractivity contribution in [3.63, 3.8) is 0 Å². The first-order valence-electron chi connectivity index (χ1n) is 8.32. The van der Waals surface area contributed by atoms with Crippen molar-refractivity contribution in [3.05, 3.63) is 47.8 Å². The van der Waals surface area contributed by atoms with Gasteiger partial charge in [0.15, 0.2) is 11.6 Å². The summed E-state index contributed by atoms with van der Waals surface area (Å²) < 4.78 is 10.8. The summed E-state index contributed by atoms with van der Waals surface area (Å²) >= 11 is 0. The van der Waals surface area contributed by atoms with Crippen LogP contribution in [0.5, 0.6) is 0 Å². The Morgan fingerprint density at radius 1 is 1.40 bits per heavy atom. The van der Waals surface area contributed by atoms with Crippen LogP contribution in [0.15, 0.2) is 39.3 Å². The van der Waals surface area contributed by atoms with E-state index in [-0.39, 0.29) is 18.9 Å². The summed E-state index contributed by atoms with van der Waals surface area (Å²) in [7, 11) is 0. The molecule has 1 saturated heterocycles. The summed E-state index contributed by atoms with van der Waals surface area (Å²) in [6, 6.07) is 9.24. The van der Waals surface area contributed by atoms with Gasteiger partial charge in [-0.2, -0.15) is 4.98 Å². The van der Waals surface area contributed by atoms with E-state index in [1.54, 1.807) is 17.9 Å². The van der Waals surface area contributed by atoms with Crippen molar-refractivity contribution in [1.82, 2.24) is 15.0 Å². The van der Waals surface area contributed by atoms with Gasteiger partial charge in [0.1, 0.15) is 5.58 Å². The number of carbonyl (C=O) groups excluding carboxylic acids is 1. The van der Waals surface area contributed by atoms with Crippen molar-refractivity contribution in [2.24, 2.45) is 0 Å². The van der Waals surface area contributed by atoms with Crippen LogP contribution in [0, 0.1) is 6.92 Å². The van der Waals surface area contributed by atoms with Gasteiger partial charge >= 0.3 is 0 Å². The number of furan rings is 1. The molecular formula is C18H19N3O4. The molecule has 1 unspecified atom stereocenters. The van der Waals surface area contributed by atoms with Gasteiger partial charge in [0, 0.05) is 11.9 Å². The summed E-state index contributed by atoms with van der Waals surface area (Å²) in [5, 5.41) is 15.5. The zero-order valence-corrected chi connectivity index (χ0v) is 13.9. The van der Waals surface area contributed by atoms with Gasteiger partial charge in [0.25, 0.3) is 5.91 Å². The molecule has 1 amide bonds. The number of aromatic nitrogens is 2. The van der Waals surface area contributed by atoms with Gasteiger partial charge in [-0.3, -0.25) is 4.79 Å². The predicted octanol–water partition coefficient (Wildman–Crippen LogP) is 2.33. The van der Waals surface area contributed by atoms with E-state index in [9.17, 15) is 9.90 Å². The number of amides is 1. The van der Waals surface area contributed by atoms with E-state index in [1.807, 2.05) is 24.3 Å². The van der Waals surface area contributed by atoms with Gasteiger partial charge in [0.05, 0.1) is 18.6 Å². The van der Waals surface area contributed by atoms with Crippen molar-refractivity contribution < 1.29 is 18.8 Å². The summed E-state index contributed by atoms with van der Waals surface area (Å²) in [5.41, 5.74) is -0.390. The van der Waals surface area contributed by atoms with Crippen molar-refractivity contribution in [3.8, 4) is 0 Å². The van der Waals surface area contributed by atoms with Crippen LogP contribution in [0.2, 0.25) is 0 Å². The van der Waals surface area contributed by atoms with E-state index < -0.39 is 5.60 Å². The molecule has 1 N–H and O–H groups in total. The molecule has 0 aliphatic carbocycles. The highest BCUT2D eigenvalue weighted by Gasteiger charge is 2.37. The first kappa shape index (κ1) is 15.8. The molecule has 0 radical (unpaired) electrons. The molecule has 1 aliphatic heterocycles. The normalized spacial score (nSPS) is 21.0. The summed E-state index contributed by atoms with van der Waals surface area (Å²) in [5.74, 6) is 0.998. The van der Waals surface area contributed by atoms with Gasteiger partial charge in [-0.05, 0) is 31.9 Å². The van der Waals surface area contributed by atoms with Crippen molar-refractivity contribution in [1.29, 1.82) is 0 Å². The fourth-order valence-electron chi connectivity index (χ4n) is 3.37. The fourth-order valence-corrected chi connectivity index (χ4v) is 3.37. The van der Waals surface area contributed by atoms with E-state index in [4.69, 9.17) is 8.94 Å². The van der Waals surface area contributed by atoms with Crippen molar-refractivity contribution >= 4 is 16.9 Å². The Bertz CT molecular complexity index is 883. The van der Waals surface area contributed by atoms with Gasteiger partial charge < -0.3 is 18.9 Å². The third-order valence-electron chi connectivity index (χ3n) is 4.53. The molecule has 1 atom stereocenters. The zero-order valence-electron chi connectivity index (χ0n) is 13.9. The molecule has 1 aromatic carbocycles. The van der Waals surface area contributed by atoms with Gasteiger partial charge in [0.2, 0.25) is 5.89 Å². The SMILES string of the molecule is Cc1noc(CC2(O)CCCN(C(=O)c3cc4ccccc4o3)C2)n1. The standard InChI is InChI=1S/C18H19N3O4/c1-12-19-16(25-20-12)10-18(23)7-4-8-21(11-18)17(22)15-9-13-5-2-3-6-14(13)24-15/h2-3,5-6,9,23H,4,7-8,10-11H2,1H3. The average Bonchev–Trinajstić information content (AvgIpc) is 3.19. The number of likely N-dealkylation sites (tertiary alicyclic amines) is 1. The predicted molar refractivity (Wildman–Crippen MR) is 89.0 cm³/mol. The number of hydrogen-bond acceptors (Lipinski definition) is 6. The lowest BCUT2D eigenvalue weighted by Gasteiger charge is -2.38. The number of para-hydroxylation sites is 1. The van der Waals surface area contributed by atoms with Gasteiger partial charge in [-0.1, -0.05) is 23.4 Å². The highest BCUT2D eigenvalue weighted by Crippen LogP contribution is 2.27. The van der Waals surface area contributed by atoms with Crippen LogP contribution in [0.4, 0.5) is 0 Å². The molecule has 1 fully saturated rings. The second-order valence-corrected chi connectivity index (χ2v) is 6.62. The Kier molecular flexibility index (Phi) is 3.80. The Labute approximate surface area is 144 Å². The van der Waals surface area contributed by atoms with Crippen LogP contribution in [0.25, 0.3) is 11.0 Å². The minimum Gasteiger partial charge on any atom is -0.451 e. The number of hydrogen-bond donors (Lipinski definition) is 1. The minimum absolute atomic E-state index is 0.212. The van der Waals surface area contributed by atoms with Crippen LogP contribution in [0.3, 0.4) is 0 Å². The maximum Gasteiger partial charge on any atom is 0.289 e. The van der Waals surface area contributed by atoms with E-state index in [1.165, 1.54) is 0 Å². The summed E-state index contributed by atoms with van der Waals surface area (Å²) in [4.78, 5) is 18.6. The monoisotopic (exact) mass is 341 g/mol. The third kappa shape index (κ3) is 3.15. The largest absolute Gasteiger partial charge is 0.451 e. The Balaban J connectivity index is 1.52. The number of piperidine rings is 1. The Hall–Kier alpha value is -2.67. The number of carbonyl (C=O) groups is 1. The Morgan fingerprint density at radius 3 is 3.00 bits per heavy atom. The fraction of sp³-hybridized carbons (Fsp3) is 0.389. The number of nitrogens with zero attached hydrogens (tertiary/aromatic N) is 3. The summed E-state index contributed by atoms with van der Waals surface area (Å²) in [6.07, 6.45) is 1.52. The lowest BCUT2D eigenvalue weighted by atomic mass is 9.89. The number of benzene rings is 1. The van der Waals surface area contributed by atoms with E-state index in [2.05, 4.69) is 10.1 Å². The van der Waals surface area contributed by atoms with E-state index in [0.29, 0.717) is 42.4 Å². The molecule has 1 aliphatic rings. The number of fused-ring (bicyclic) bond motifs is 1. The van der Waals surface area contributed by atoms with Crippen LogP contribution in [-0.4, -0.2) is 44.7 Å². The Morgan fingerprint density at radius 2 is 2.24 bits per heavy atom. The first-order valence-corrected chi connectivity index (χ1v) is 8.32. The molecule has 0 bridgehead atoms. The molecule has 7 nitrogen and oxygen atoms in total. The van der Waals surface area contributed by atoms with Crippen molar-refractivity contribution in [2.45, 2.75) is 31.8 Å². The highest BCUT2D eigenvalue weighted by atomic mass is 16.5. The molecular weight excluding hydrogens is 322 g/mol. The number of β-amino-alcohol motifs (C(OH)–C–C–N with tert-alkyl or cyclic N) is 1. The molecule has 3 aromatic rings. The average molecular weight is 341 g/mol. The van der Waals surface area contributed by atoms with Crippen molar-refractivity contribution in [2.75, 3.05) is 13.1 Å². The molecule has 0 saturated carbocycles. The second kappa shape index (κ2) is 6.00.